The van der Waals surface area contributed by atoms with Crippen molar-refractivity contribution in [3.05, 3.63) is 18.2 Å². The second-order valence-electron chi connectivity index (χ2n) is 5.90. The van der Waals surface area contributed by atoms with Gasteiger partial charge < -0.3 is 20.7 Å². The molecule has 2 amide bonds. The highest BCUT2D eigenvalue weighted by Gasteiger charge is 2.24. The Morgan fingerprint density at radius 1 is 1.40 bits per heavy atom. The van der Waals surface area contributed by atoms with Gasteiger partial charge >= 0.3 is 12.0 Å². The van der Waals surface area contributed by atoms with E-state index >= 15 is 0 Å². The molecule has 1 rings (SSSR count). The van der Waals surface area contributed by atoms with E-state index in [-0.39, 0.29) is 18.5 Å². The number of amides is 2. The lowest BCUT2D eigenvalue weighted by Gasteiger charge is -2.23. The lowest BCUT2D eigenvalue weighted by molar-refractivity contribution is -0.142. The van der Waals surface area contributed by atoms with Crippen molar-refractivity contribution in [2.75, 3.05) is 6.54 Å². The summed E-state index contributed by atoms with van der Waals surface area (Å²) in [6.07, 6.45) is 3.76. The number of nitrogens with zero attached hydrogens (tertiary/aromatic N) is 1. The zero-order valence-electron chi connectivity index (χ0n) is 12.1. The molecule has 0 saturated carbocycles. The number of imidazole rings is 1. The molecule has 0 spiro atoms. The second-order valence-corrected chi connectivity index (χ2v) is 5.90. The van der Waals surface area contributed by atoms with Gasteiger partial charge in [0.15, 0.2) is 0 Å². The van der Waals surface area contributed by atoms with Crippen molar-refractivity contribution in [3.63, 3.8) is 0 Å². The van der Waals surface area contributed by atoms with Crippen molar-refractivity contribution in [2.45, 2.75) is 33.7 Å². The third kappa shape index (κ3) is 6.21. The van der Waals surface area contributed by atoms with Crippen molar-refractivity contribution >= 4 is 12.0 Å². The van der Waals surface area contributed by atoms with Gasteiger partial charge in [0.05, 0.1) is 12.5 Å². The lowest BCUT2D eigenvalue weighted by atomic mass is 9.84. The maximum absolute atomic E-state index is 11.6. The van der Waals surface area contributed by atoms with Gasteiger partial charge in [-0.05, 0) is 11.8 Å². The summed E-state index contributed by atoms with van der Waals surface area (Å²) in [6, 6.07) is -0.401. The molecule has 0 aliphatic rings. The van der Waals surface area contributed by atoms with Crippen molar-refractivity contribution in [3.8, 4) is 0 Å². The maximum atomic E-state index is 11.6. The molecule has 1 aromatic rings. The van der Waals surface area contributed by atoms with Crippen LogP contribution in [0.15, 0.2) is 12.4 Å². The molecule has 0 saturated heterocycles. The Labute approximate surface area is 118 Å². The number of aliphatic carboxylic acids is 1. The van der Waals surface area contributed by atoms with Crippen LogP contribution in [0.3, 0.4) is 0 Å². The van der Waals surface area contributed by atoms with Crippen molar-refractivity contribution in [1.82, 2.24) is 20.6 Å². The molecule has 1 aromatic heterocycles. The average Bonchev–Trinajstić information content (AvgIpc) is 2.83. The molecule has 0 fully saturated rings. The zero-order valence-corrected chi connectivity index (χ0v) is 12.1. The van der Waals surface area contributed by atoms with Crippen molar-refractivity contribution in [1.29, 1.82) is 0 Å². The number of rotatable bonds is 6. The topological polar surface area (TPSA) is 107 Å². The first-order valence-corrected chi connectivity index (χ1v) is 6.51. The lowest BCUT2D eigenvalue weighted by Crippen LogP contribution is -2.40. The largest absolute Gasteiger partial charge is 0.481 e. The molecule has 1 atom stereocenters. The van der Waals surface area contributed by atoms with Crippen LogP contribution in [-0.2, 0) is 11.3 Å². The summed E-state index contributed by atoms with van der Waals surface area (Å²) in [7, 11) is 0. The number of H-pyrrole nitrogens is 1. The number of aromatic amines is 1. The summed E-state index contributed by atoms with van der Waals surface area (Å²) in [5, 5.41) is 14.3. The fourth-order valence-corrected chi connectivity index (χ4v) is 1.82. The van der Waals surface area contributed by atoms with Crippen molar-refractivity contribution < 1.29 is 14.7 Å². The van der Waals surface area contributed by atoms with Gasteiger partial charge in [-0.3, -0.25) is 4.79 Å². The Balaban J connectivity index is 2.35. The predicted molar refractivity (Wildman–Crippen MR) is 74.0 cm³/mol. The molecule has 0 aromatic carbocycles. The molecule has 1 heterocycles. The first-order chi connectivity index (χ1) is 9.28. The van der Waals surface area contributed by atoms with Crippen molar-refractivity contribution in [2.24, 2.45) is 11.3 Å². The molecule has 7 heteroatoms. The highest BCUT2D eigenvalue weighted by atomic mass is 16.4. The Morgan fingerprint density at radius 2 is 2.10 bits per heavy atom. The first kappa shape index (κ1) is 16.0. The van der Waals surface area contributed by atoms with E-state index in [0.717, 1.165) is 0 Å². The van der Waals surface area contributed by atoms with Crippen LogP contribution < -0.4 is 10.6 Å². The smallest absolute Gasteiger partial charge is 0.315 e. The molecular formula is C13H22N4O3. The summed E-state index contributed by atoms with van der Waals surface area (Å²) >= 11 is 0. The van der Waals surface area contributed by atoms with E-state index in [1.807, 2.05) is 20.8 Å². The number of urea groups is 1. The van der Waals surface area contributed by atoms with E-state index in [2.05, 4.69) is 20.6 Å². The minimum absolute atomic E-state index is 0.102. The standard InChI is InChI=1S/C13H22N4O3/c1-13(2,3)6-9(11(18)19)7-16-12(20)17-8-10-14-4-5-15-10/h4-5,9H,6-8H2,1-3H3,(H,14,15)(H,18,19)(H2,16,17,20). The number of carboxylic acids is 1. The number of nitrogens with one attached hydrogen (secondary N) is 3. The summed E-state index contributed by atoms with van der Waals surface area (Å²) in [6.45, 7) is 6.30. The number of carbonyl (C=O) groups excluding carboxylic acids is 1. The first-order valence-electron chi connectivity index (χ1n) is 6.51. The van der Waals surface area contributed by atoms with Crippen LogP contribution in [0, 0.1) is 11.3 Å². The van der Waals surface area contributed by atoms with E-state index in [9.17, 15) is 9.59 Å². The molecular weight excluding hydrogens is 260 g/mol. The van der Waals surface area contributed by atoms with E-state index < -0.39 is 17.9 Å². The number of hydrogen-bond acceptors (Lipinski definition) is 3. The minimum atomic E-state index is -0.897. The third-order valence-electron chi connectivity index (χ3n) is 2.69. The second kappa shape index (κ2) is 6.93. The monoisotopic (exact) mass is 282 g/mol. The fraction of sp³-hybridized carbons (Fsp3) is 0.615. The molecule has 0 bridgehead atoms. The number of carboxylic acid groups (broad SMARTS) is 1. The quantitative estimate of drug-likeness (QED) is 0.631. The molecule has 0 radical (unpaired) electrons. The van der Waals surface area contributed by atoms with Gasteiger partial charge in [0.25, 0.3) is 0 Å². The Bertz CT molecular complexity index is 437. The predicted octanol–water partition coefficient (Wildman–Crippen LogP) is 1.35. The van der Waals surface area contributed by atoms with E-state index in [1.54, 1.807) is 12.4 Å². The number of hydrogen-bond donors (Lipinski definition) is 4. The van der Waals surface area contributed by atoms with Crippen LogP contribution in [0.4, 0.5) is 4.79 Å². The van der Waals surface area contributed by atoms with Crippen LogP contribution in [0.2, 0.25) is 0 Å². The fourth-order valence-electron chi connectivity index (χ4n) is 1.82. The molecule has 1 unspecified atom stereocenters. The van der Waals surface area contributed by atoms with Crippen LogP contribution >= 0.6 is 0 Å². The molecule has 4 N–H and O–H groups in total. The third-order valence-corrected chi connectivity index (χ3v) is 2.69. The van der Waals surface area contributed by atoms with Crippen LogP contribution in [0.25, 0.3) is 0 Å². The molecule has 7 nitrogen and oxygen atoms in total. The molecule has 112 valence electrons. The molecule has 0 aliphatic heterocycles. The normalized spacial score (nSPS) is 12.8. The Kier molecular flexibility index (Phi) is 5.54. The highest BCUT2D eigenvalue weighted by molar-refractivity contribution is 5.75. The van der Waals surface area contributed by atoms with Gasteiger partial charge in [-0.25, -0.2) is 9.78 Å². The summed E-state index contributed by atoms with van der Waals surface area (Å²) < 4.78 is 0. The zero-order chi connectivity index (χ0) is 15.2. The average molecular weight is 282 g/mol. The van der Waals surface area contributed by atoms with E-state index in [1.165, 1.54) is 0 Å². The summed E-state index contributed by atoms with van der Waals surface area (Å²) in [5.74, 6) is -0.847. The van der Waals surface area contributed by atoms with Crippen LogP contribution in [0.1, 0.15) is 33.0 Å². The minimum Gasteiger partial charge on any atom is -0.481 e. The van der Waals surface area contributed by atoms with Gasteiger partial charge in [-0.1, -0.05) is 20.8 Å². The summed E-state index contributed by atoms with van der Waals surface area (Å²) in [5.41, 5.74) is -0.102. The summed E-state index contributed by atoms with van der Waals surface area (Å²) in [4.78, 5) is 29.5. The SMILES string of the molecule is CC(C)(C)CC(CNC(=O)NCc1ncc[nH]1)C(=O)O. The Hall–Kier alpha value is -2.05. The number of carbonyl (C=O) groups is 2. The van der Waals surface area contributed by atoms with Gasteiger partial charge in [0, 0.05) is 18.9 Å². The molecule has 20 heavy (non-hydrogen) atoms. The van der Waals surface area contributed by atoms with Gasteiger partial charge in [-0.2, -0.15) is 0 Å². The van der Waals surface area contributed by atoms with Crippen LogP contribution in [0.5, 0.6) is 0 Å². The van der Waals surface area contributed by atoms with Crippen LogP contribution in [-0.4, -0.2) is 33.6 Å². The van der Waals surface area contributed by atoms with E-state index in [4.69, 9.17) is 5.11 Å². The molecule has 0 aliphatic carbocycles. The van der Waals surface area contributed by atoms with Gasteiger partial charge in [0.1, 0.15) is 5.82 Å². The Morgan fingerprint density at radius 3 is 2.60 bits per heavy atom. The number of aromatic nitrogens is 2. The van der Waals surface area contributed by atoms with E-state index in [0.29, 0.717) is 12.2 Å². The maximum Gasteiger partial charge on any atom is 0.315 e. The highest BCUT2D eigenvalue weighted by Crippen LogP contribution is 2.24. The van der Waals surface area contributed by atoms with Gasteiger partial charge in [0.2, 0.25) is 0 Å². The van der Waals surface area contributed by atoms with Gasteiger partial charge in [-0.15, -0.1) is 0 Å².